The molecule has 4 aliphatic carbocycles. The summed E-state index contributed by atoms with van der Waals surface area (Å²) in [4.78, 5) is 26.2. The largest absolute Gasteiger partial charge is 0.390 e. The molecule has 1 aromatic rings. The van der Waals surface area contributed by atoms with E-state index in [1.165, 1.54) is 6.42 Å². The molecule has 2 heterocycles. The lowest BCUT2D eigenvalue weighted by atomic mass is 9.47. The van der Waals surface area contributed by atoms with Gasteiger partial charge in [-0.2, -0.15) is 0 Å². The predicted molar refractivity (Wildman–Crippen MR) is 92.9 cm³/mol. The molecule has 2 atom stereocenters. The second-order valence-corrected chi connectivity index (χ2v) is 8.79. The van der Waals surface area contributed by atoms with Crippen LogP contribution in [0.4, 0.5) is 5.95 Å². The number of amides is 1. The lowest BCUT2D eigenvalue weighted by Crippen LogP contribution is -2.62. The Morgan fingerprint density at radius 2 is 1.68 bits per heavy atom. The zero-order valence-electron chi connectivity index (χ0n) is 14.6. The summed E-state index contributed by atoms with van der Waals surface area (Å²) in [7, 11) is 0. The molecule has 0 aromatic carbocycles. The third-order valence-electron chi connectivity index (χ3n) is 6.89. The molecule has 4 bridgehead atoms. The second kappa shape index (κ2) is 5.40. The summed E-state index contributed by atoms with van der Waals surface area (Å²) in [6, 6.07) is 1.82. The number of aliphatic hydroxyl groups is 1. The Hall–Kier alpha value is -1.69. The highest BCUT2D eigenvalue weighted by Gasteiger charge is 2.60. The number of anilines is 1. The molecule has 0 spiro atoms. The number of hydrogen-bond acceptors (Lipinski definition) is 5. The standard InChI is InChI=1S/C19H26N4O2/c24-16(18-9-14-8-15(10-18)12-19(25,11-14)13-18)22-4-6-23(7-5-22)17-20-2-1-3-21-17/h1-3,14-15,25H,4-13H2/t14-,15-,18?,19?/m1/s1. The highest BCUT2D eigenvalue weighted by Crippen LogP contribution is 2.62. The van der Waals surface area contributed by atoms with Gasteiger partial charge in [-0.25, -0.2) is 9.97 Å². The fourth-order valence-corrected chi connectivity index (χ4v) is 6.36. The van der Waals surface area contributed by atoms with Gasteiger partial charge in [0, 0.05) is 38.6 Å². The summed E-state index contributed by atoms with van der Waals surface area (Å²) in [6.45, 7) is 3.02. The summed E-state index contributed by atoms with van der Waals surface area (Å²) in [6.07, 6.45) is 9.24. The Morgan fingerprint density at radius 3 is 2.28 bits per heavy atom. The molecule has 0 radical (unpaired) electrons. The molecular weight excluding hydrogens is 316 g/mol. The van der Waals surface area contributed by atoms with Crippen molar-refractivity contribution in [1.29, 1.82) is 0 Å². The first-order chi connectivity index (χ1) is 12.1. The Labute approximate surface area is 148 Å². The molecular formula is C19H26N4O2. The van der Waals surface area contributed by atoms with Crippen molar-refractivity contribution in [1.82, 2.24) is 14.9 Å². The van der Waals surface area contributed by atoms with E-state index in [4.69, 9.17) is 0 Å². The van der Waals surface area contributed by atoms with Crippen LogP contribution in [0.2, 0.25) is 0 Å². The van der Waals surface area contributed by atoms with E-state index >= 15 is 0 Å². The molecule has 1 saturated heterocycles. The number of rotatable bonds is 2. The Balaban J connectivity index is 1.30. The monoisotopic (exact) mass is 342 g/mol. The molecule has 0 unspecified atom stereocenters. The van der Waals surface area contributed by atoms with Crippen molar-refractivity contribution in [3.8, 4) is 0 Å². The molecule has 5 aliphatic rings. The van der Waals surface area contributed by atoms with Crippen molar-refractivity contribution >= 4 is 11.9 Å². The number of piperazine rings is 1. The number of hydrogen-bond donors (Lipinski definition) is 1. The van der Waals surface area contributed by atoms with Crippen molar-refractivity contribution in [2.45, 2.75) is 44.1 Å². The molecule has 25 heavy (non-hydrogen) atoms. The van der Waals surface area contributed by atoms with Crippen molar-refractivity contribution in [2.24, 2.45) is 17.3 Å². The molecule has 1 N–H and O–H groups in total. The van der Waals surface area contributed by atoms with E-state index in [-0.39, 0.29) is 5.41 Å². The molecule has 134 valence electrons. The number of aromatic nitrogens is 2. The van der Waals surface area contributed by atoms with Gasteiger partial charge >= 0.3 is 0 Å². The number of nitrogens with zero attached hydrogens (tertiary/aromatic N) is 4. The molecule has 6 nitrogen and oxygen atoms in total. The van der Waals surface area contributed by atoms with E-state index < -0.39 is 5.60 Å². The highest BCUT2D eigenvalue weighted by atomic mass is 16.3. The van der Waals surface area contributed by atoms with Gasteiger partial charge in [0.05, 0.1) is 11.0 Å². The lowest BCUT2D eigenvalue weighted by molar-refractivity contribution is -0.186. The van der Waals surface area contributed by atoms with Gasteiger partial charge in [0.1, 0.15) is 0 Å². The minimum atomic E-state index is -0.570. The normalized spacial score (nSPS) is 39.7. The van der Waals surface area contributed by atoms with Crippen LogP contribution in [0.3, 0.4) is 0 Å². The average Bonchev–Trinajstić information content (AvgIpc) is 2.60. The van der Waals surface area contributed by atoms with Gasteiger partial charge in [0.15, 0.2) is 0 Å². The van der Waals surface area contributed by atoms with E-state index in [0.717, 1.165) is 57.8 Å². The third-order valence-corrected chi connectivity index (χ3v) is 6.89. The van der Waals surface area contributed by atoms with Gasteiger partial charge in [-0.3, -0.25) is 4.79 Å². The maximum Gasteiger partial charge on any atom is 0.229 e. The fourth-order valence-electron chi connectivity index (χ4n) is 6.36. The molecule has 4 saturated carbocycles. The van der Waals surface area contributed by atoms with Crippen LogP contribution in [0.15, 0.2) is 18.5 Å². The van der Waals surface area contributed by atoms with Crippen molar-refractivity contribution < 1.29 is 9.90 Å². The second-order valence-electron chi connectivity index (χ2n) is 8.79. The summed E-state index contributed by atoms with van der Waals surface area (Å²) in [5.74, 6) is 2.15. The summed E-state index contributed by atoms with van der Waals surface area (Å²) < 4.78 is 0. The minimum absolute atomic E-state index is 0.287. The minimum Gasteiger partial charge on any atom is -0.390 e. The lowest BCUT2D eigenvalue weighted by Gasteiger charge is -2.60. The van der Waals surface area contributed by atoms with Gasteiger partial charge in [-0.1, -0.05) is 0 Å². The van der Waals surface area contributed by atoms with E-state index in [0.29, 0.717) is 24.2 Å². The summed E-state index contributed by atoms with van der Waals surface area (Å²) in [5, 5.41) is 10.9. The van der Waals surface area contributed by atoms with E-state index in [2.05, 4.69) is 14.9 Å². The quantitative estimate of drug-likeness (QED) is 0.881. The van der Waals surface area contributed by atoms with Crippen molar-refractivity contribution in [3.05, 3.63) is 18.5 Å². The third kappa shape index (κ3) is 2.53. The van der Waals surface area contributed by atoms with Crippen LogP contribution in [0, 0.1) is 17.3 Å². The predicted octanol–water partition coefficient (Wildman–Crippen LogP) is 1.46. The van der Waals surface area contributed by atoms with Crippen LogP contribution in [0.1, 0.15) is 38.5 Å². The van der Waals surface area contributed by atoms with Crippen LogP contribution in [-0.4, -0.2) is 57.7 Å². The first-order valence-corrected chi connectivity index (χ1v) is 9.59. The van der Waals surface area contributed by atoms with Gasteiger partial charge in [0.2, 0.25) is 11.9 Å². The summed E-state index contributed by atoms with van der Waals surface area (Å²) >= 11 is 0. The Kier molecular flexibility index (Phi) is 3.36. The van der Waals surface area contributed by atoms with Crippen LogP contribution >= 0.6 is 0 Å². The van der Waals surface area contributed by atoms with Gasteiger partial charge in [-0.15, -0.1) is 0 Å². The highest BCUT2D eigenvalue weighted by molar-refractivity contribution is 5.83. The van der Waals surface area contributed by atoms with E-state index in [1.807, 2.05) is 11.0 Å². The molecule has 5 fully saturated rings. The molecule has 1 aromatic heterocycles. The van der Waals surface area contributed by atoms with E-state index in [9.17, 15) is 9.90 Å². The maximum absolute atomic E-state index is 13.4. The molecule has 6 rings (SSSR count). The van der Waals surface area contributed by atoms with Crippen molar-refractivity contribution in [3.63, 3.8) is 0 Å². The Bertz CT molecular complexity index is 657. The number of carbonyl (C=O) groups is 1. The smallest absolute Gasteiger partial charge is 0.229 e. The first kappa shape index (κ1) is 15.6. The van der Waals surface area contributed by atoms with Crippen LogP contribution < -0.4 is 4.90 Å². The van der Waals surface area contributed by atoms with Crippen molar-refractivity contribution in [2.75, 3.05) is 31.1 Å². The molecule has 1 amide bonds. The van der Waals surface area contributed by atoms with Gasteiger partial charge in [-0.05, 0) is 56.4 Å². The van der Waals surface area contributed by atoms with Crippen LogP contribution in [0.25, 0.3) is 0 Å². The molecule has 6 heteroatoms. The van der Waals surface area contributed by atoms with Gasteiger partial charge < -0.3 is 14.9 Å². The molecule has 1 aliphatic heterocycles. The van der Waals surface area contributed by atoms with E-state index in [1.54, 1.807) is 12.4 Å². The maximum atomic E-state index is 13.4. The van der Waals surface area contributed by atoms with Crippen LogP contribution in [-0.2, 0) is 4.79 Å². The number of carbonyl (C=O) groups excluding carboxylic acids is 1. The van der Waals surface area contributed by atoms with Gasteiger partial charge in [0.25, 0.3) is 0 Å². The van der Waals surface area contributed by atoms with Crippen LogP contribution in [0.5, 0.6) is 0 Å². The first-order valence-electron chi connectivity index (χ1n) is 9.59. The average molecular weight is 342 g/mol. The summed E-state index contributed by atoms with van der Waals surface area (Å²) in [5.41, 5.74) is -0.857. The topological polar surface area (TPSA) is 69.6 Å². The Morgan fingerprint density at radius 1 is 1.04 bits per heavy atom. The fraction of sp³-hybridized carbons (Fsp3) is 0.737. The zero-order chi connectivity index (χ0) is 17.1. The zero-order valence-corrected chi connectivity index (χ0v) is 14.6. The SMILES string of the molecule is O=C(N1CCN(c2ncccn2)CC1)C12C[C@H]3C[C@@H](CC(O)(C3)C1)C2.